The smallest absolute Gasteiger partial charge is 0.0608 e. The molecule has 0 saturated heterocycles. The molecule has 2 rings (SSSR count). The third-order valence-electron chi connectivity index (χ3n) is 3.91. The number of aliphatic hydroxyl groups excluding tert-OH is 1. The predicted molar refractivity (Wildman–Crippen MR) is 67.7 cm³/mol. The van der Waals surface area contributed by atoms with Gasteiger partial charge in [-0.05, 0) is 36.3 Å². The molecule has 1 N–H and O–H groups in total. The quantitative estimate of drug-likeness (QED) is 0.806. The van der Waals surface area contributed by atoms with Crippen LogP contribution in [0.4, 0.5) is 0 Å². The first-order chi connectivity index (χ1) is 7.36. The zero-order valence-electron chi connectivity index (χ0n) is 10.7. The lowest BCUT2D eigenvalue weighted by Gasteiger charge is -2.22. The molecule has 1 aliphatic carbocycles. The Balaban J connectivity index is 2.27. The van der Waals surface area contributed by atoms with E-state index in [4.69, 9.17) is 0 Å². The molecule has 1 saturated carbocycles. The first-order valence-corrected chi connectivity index (χ1v) is 6.15. The molecule has 1 fully saturated rings. The molecule has 0 aromatic heterocycles. The molecule has 1 aromatic carbocycles. The average molecular weight is 218 g/mol. The van der Waals surface area contributed by atoms with Crippen LogP contribution in [-0.4, -0.2) is 11.2 Å². The maximum absolute atomic E-state index is 9.83. The summed E-state index contributed by atoms with van der Waals surface area (Å²) in [5.74, 6) is 0. The molecular formula is C15H22O. The predicted octanol–water partition coefficient (Wildman–Crippen LogP) is 3.40. The molecular weight excluding hydrogens is 196 g/mol. The Kier molecular flexibility index (Phi) is 2.62. The second-order valence-corrected chi connectivity index (χ2v) is 6.16. The van der Waals surface area contributed by atoms with Crippen LogP contribution < -0.4 is 0 Å². The molecule has 0 aliphatic heterocycles. The van der Waals surface area contributed by atoms with Crippen LogP contribution in [0.3, 0.4) is 0 Å². The van der Waals surface area contributed by atoms with Gasteiger partial charge in [0.2, 0.25) is 0 Å². The summed E-state index contributed by atoms with van der Waals surface area (Å²) in [6.07, 6.45) is 2.02. The molecule has 0 amide bonds. The largest absolute Gasteiger partial charge is 0.392 e. The zero-order valence-corrected chi connectivity index (χ0v) is 10.7. The summed E-state index contributed by atoms with van der Waals surface area (Å²) in [7, 11) is 0. The van der Waals surface area contributed by atoms with E-state index in [9.17, 15) is 5.11 Å². The van der Waals surface area contributed by atoms with Crippen molar-refractivity contribution in [2.45, 2.75) is 57.5 Å². The molecule has 1 aromatic rings. The van der Waals surface area contributed by atoms with E-state index >= 15 is 0 Å². The van der Waals surface area contributed by atoms with Crippen molar-refractivity contribution < 1.29 is 5.11 Å². The third kappa shape index (κ3) is 1.89. The van der Waals surface area contributed by atoms with Gasteiger partial charge in [0.25, 0.3) is 0 Å². The second-order valence-electron chi connectivity index (χ2n) is 6.16. The van der Waals surface area contributed by atoms with E-state index in [1.54, 1.807) is 0 Å². The van der Waals surface area contributed by atoms with Gasteiger partial charge in [-0.2, -0.15) is 0 Å². The monoisotopic (exact) mass is 218 g/mol. The molecule has 0 radical (unpaired) electrons. The average Bonchev–Trinajstić information content (AvgIpc) is 2.97. The van der Waals surface area contributed by atoms with Gasteiger partial charge in [0, 0.05) is 5.41 Å². The van der Waals surface area contributed by atoms with Gasteiger partial charge in [-0.25, -0.2) is 0 Å². The topological polar surface area (TPSA) is 20.2 Å². The molecule has 1 atom stereocenters. The molecule has 1 unspecified atom stereocenters. The number of rotatable bonds is 2. The van der Waals surface area contributed by atoms with Crippen LogP contribution in [0.5, 0.6) is 0 Å². The van der Waals surface area contributed by atoms with Crippen molar-refractivity contribution in [1.29, 1.82) is 0 Å². The molecule has 1 aliphatic rings. The van der Waals surface area contributed by atoms with Crippen molar-refractivity contribution in [3.05, 3.63) is 35.4 Å². The number of benzene rings is 1. The SMILES string of the molecule is CC(O)C1(c2ccc(C(C)(C)C)cc2)CC1. The number of aliphatic hydroxyl groups is 1. The van der Waals surface area contributed by atoms with E-state index in [1.807, 2.05) is 6.92 Å². The van der Waals surface area contributed by atoms with Crippen LogP contribution in [0.2, 0.25) is 0 Å². The van der Waals surface area contributed by atoms with Crippen molar-refractivity contribution in [2.75, 3.05) is 0 Å². The molecule has 1 nitrogen and oxygen atoms in total. The van der Waals surface area contributed by atoms with Crippen LogP contribution >= 0.6 is 0 Å². The molecule has 0 bridgehead atoms. The summed E-state index contributed by atoms with van der Waals surface area (Å²) in [6, 6.07) is 8.80. The Hall–Kier alpha value is -0.820. The van der Waals surface area contributed by atoms with Gasteiger partial charge in [0.15, 0.2) is 0 Å². The van der Waals surface area contributed by atoms with Gasteiger partial charge < -0.3 is 5.11 Å². The van der Waals surface area contributed by atoms with Gasteiger partial charge in [-0.15, -0.1) is 0 Å². The van der Waals surface area contributed by atoms with E-state index in [1.165, 1.54) is 11.1 Å². The number of hydrogen-bond donors (Lipinski definition) is 1. The lowest BCUT2D eigenvalue weighted by Crippen LogP contribution is -2.22. The molecule has 0 spiro atoms. The Morgan fingerprint density at radius 1 is 1.12 bits per heavy atom. The highest BCUT2D eigenvalue weighted by Crippen LogP contribution is 2.51. The Morgan fingerprint density at radius 3 is 1.94 bits per heavy atom. The maximum Gasteiger partial charge on any atom is 0.0608 e. The van der Waals surface area contributed by atoms with Crippen LogP contribution in [0, 0.1) is 0 Å². The van der Waals surface area contributed by atoms with E-state index in [0.29, 0.717) is 0 Å². The summed E-state index contributed by atoms with van der Waals surface area (Å²) in [5, 5.41) is 9.83. The van der Waals surface area contributed by atoms with Gasteiger partial charge in [-0.3, -0.25) is 0 Å². The fourth-order valence-electron chi connectivity index (χ4n) is 2.38. The minimum absolute atomic E-state index is 0.0659. The standard InChI is InChI=1S/C15H22O/c1-11(16)15(9-10-15)13-7-5-12(6-8-13)14(2,3)4/h5-8,11,16H,9-10H2,1-4H3. The van der Waals surface area contributed by atoms with Gasteiger partial charge in [0.1, 0.15) is 0 Å². The van der Waals surface area contributed by atoms with Gasteiger partial charge in [-0.1, -0.05) is 45.0 Å². The minimum atomic E-state index is -0.229. The highest BCUT2D eigenvalue weighted by atomic mass is 16.3. The summed E-state index contributed by atoms with van der Waals surface area (Å²) in [4.78, 5) is 0. The maximum atomic E-state index is 9.83. The highest BCUT2D eigenvalue weighted by Gasteiger charge is 2.48. The van der Waals surface area contributed by atoms with Crippen molar-refractivity contribution in [1.82, 2.24) is 0 Å². The first-order valence-electron chi connectivity index (χ1n) is 6.15. The minimum Gasteiger partial charge on any atom is -0.392 e. The van der Waals surface area contributed by atoms with Crippen LogP contribution in [0.25, 0.3) is 0 Å². The van der Waals surface area contributed by atoms with Crippen LogP contribution in [0.1, 0.15) is 51.7 Å². The molecule has 16 heavy (non-hydrogen) atoms. The molecule has 0 heterocycles. The van der Waals surface area contributed by atoms with E-state index in [2.05, 4.69) is 45.0 Å². The fraction of sp³-hybridized carbons (Fsp3) is 0.600. The zero-order chi connectivity index (χ0) is 12.0. The van der Waals surface area contributed by atoms with Crippen LogP contribution in [0.15, 0.2) is 24.3 Å². The molecule has 88 valence electrons. The van der Waals surface area contributed by atoms with Crippen molar-refractivity contribution in [2.24, 2.45) is 0 Å². The van der Waals surface area contributed by atoms with Crippen molar-refractivity contribution in [3.8, 4) is 0 Å². The summed E-state index contributed by atoms with van der Waals surface area (Å²) in [6.45, 7) is 8.58. The highest BCUT2D eigenvalue weighted by molar-refractivity contribution is 5.36. The first kappa shape index (κ1) is 11.7. The fourth-order valence-corrected chi connectivity index (χ4v) is 2.38. The number of hydrogen-bond acceptors (Lipinski definition) is 1. The van der Waals surface area contributed by atoms with E-state index in [-0.39, 0.29) is 16.9 Å². The lowest BCUT2D eigenvalue weighted by molar-refractivity contribution is 0.150. The normalized spacial score (nSPS) is 20.6. The lowest BCUT2D eigenvalue weighted by atomic mass is 9.84. The Morgan fingerprint density at radius 2 is 1.62 bits per heavy atom. The molecule has 1 heteroatoms. The van der Waals surface area contributed by atoms with E-state index in [0.717, 1.165) is 12.8 Å². The Bertz CT molecular complexity index is 363. The van der Waals surface area contributed by atoms with Crippen LogP contribution in [-0.2, 0) is 10.8 Å². The van der Waals surface area contributed by atoms with Gasteiger partial charge in [0.05, 0.1) is 6.10 Å². The van der Waals surface area contributed by atoms with E-state index < -0.39 is 0 Å². The third-order valence-corrected chi connectivity index (χ3v) is 3.91. The summed E-state index contributed by atoms with van der Waals surface area (Å²) in [5.41, 5.74) is 2.93. The Labute approximate surface area is 98.5 Å². The second kappa shape index (κ2) is 3.59. The summed E-state index contributed by atoms with van der Waals surface area (Å²) >= 11 is 0. The van der Waals surface area contributed by atoms with Gasteiger partial charge >= 0.3 is 0 Å². The van der Waals surface area contributed by atoms with Crippen molar-refractivity contribution >= 4 is 0 Å². The summed E-state index contributed by atoms with van der Waals surface area (Å²) < 4.78 is 0. The van der Waals surface area contributed by atoms with Crippen molar-refractivity contribution in [3.63, 3.8) is 0 Å².